The van der Waals surface area contributed by atoms with Crippen molar-refractivity contribution < 1.29 is 24.2 Å². The maximum Gasteiger partial charge on any atom is 0.281 e. The van der Waals surface area contributed by atoms with Crippen molar-refractivity contribution in [2.24, 2.45) is 11.8 Å². The van der Waals surface area contributed by atoms with E-state index in [1.54, 1.807) is 18.7 Å². The zero-order valence-corrected chi connectivity index (χ0v) is 23.4. The molecule has 0 bridgehead atoms. The molecule has 3 amide bonds. The SMILES string of the molecule is CC[C@H]1C(=O)N2CCC[C@H]2[C@]2(O)O[C@](NC(=O)[C@@H]3C=C4c5cccc6[nH]cc(c56)C[C@H]4N(C)C3)(C(C)C)C(=O)N12. The average Bonchev–Trinajstić information content (AvgIpc) is 3.64. The van der Waals surface area contributed by atoms with E-state index in [0.717, 1.165) is 29.5 Å². The summed E-state index contributed by atoms with van der Waals surface area (Å²) < 4.78 is 6.35. The fourth-order valence-corrected chi connectivity index (χ4v) is 7.81. The molecular formula is C30H37N5O5. The predicted octanol–water partition coefficient (Wildman–Crippen LogP) is 1.79. The standard InChI is InChI=1S/C30H37N5O5/c1-5-22-27(37)34-11-7-10-24(34)30(39)35(22)28(38)29(40-30,16(2)3)32-26(36)18-12-20-19-8-6-9-21-25(19)17(14-31-21)13-23(20)33(4)15-18/h6,8-9,12,14,16,18,22-24,31,39H,5,7,10-11,13,15H2,1-4H3,(H,32,36)/t18-,22+,23-,24+,29-,30+/m1/s1. The van der Waals surface area contributed by atoms with E-state index in [4.69, 9.17) is 4.74 Å². The Hall–Kier alpha value is -3.21. The minimum atomic E-state index is -1.99. The van der Waals surface area contributed by atoms with Crippen molar-refractivity contribution in [1.29, 1.82) is 0 Å². The van der Waals surface area contributed by atoms with Crippen molar-refractivity contribution in [2.75, 3.05) is 20.1 Å². The molecule has 6 atom stereocenters. The third kappa shape index (κ3) is 3.24. The van der Waals surface area contributed by atoms with E-state index in [0.29, 0.717) is 25.9 Å². The summed E-state index contributed by atoms with van der Waals surface area (Å²) in [5, 5.41) is 16.1. The van der Waals surface area contributed by atoms with Crippen LogP contribution in [0.4, 0.5) is 0 Å². The molecule has 1 aromatic heterocycles. The molecule has 10 nitrogen and oxygen atoms in total. The molecule has 5 heterocycles. The normalized spacial score (nSPS) is 35.2. The molecular weight excluding hydrogens is 510 g/mol. The number of aromatic amines is 1. The van der Waals surface area contributed by atoms with Gasteiger partial charge in [-0.15, -0.1) is 0 Å². The Morgan fingerprint density at radius 1 is 1.30 bits per heavy atom. The lowest BCUT2D eigenvalue weighted by Gasteiger charge is -2.48. The number of carbonyl (C=O) groups excluding carboxylic acids is 3. The molecule has 0 saturated carbocycles. The second-order valence-electron chi connectivity index (χ2n) is 12.4. The molecule has 7 rings (SSSR count). The highest BCUT2D eigenvalue weighted by Crippen LogP contribution is 2.48. The number of likely N-dealkylation sites (N-methyl/N-ethyl adjacent to an activating group) is 1. The van der Waals surface area contributed by atoms with E-state index in [9.17, 15) is 19.5 Å². The lowest BCUT2D eigenvalue weighted by Crippen LogP contribution is -2.71. The topological polar surface area (TPSA) is 118 Å². The summed E-state index contributed by atoms with van der Waals surface area (Å²) in [4.78, 5) is 49.9. The van der Waals surface area contributed by atoms with E-state index in [1.807, 2.05) is 26.1 Å². The first-order valence-corrected chi connectivity index (χ1v) is 14.5. The van der Waals surface area contributed by atoms with E-state index >= 15 is 0 Å². The maximum atomic E-state index is 14.2. The highest BCUT2D eigenvalue weighted by Gasteiger charge is 2.71. The Labute approximate surface area is 233 Å². The minimum Gasteiger partial charge on any atom is -0.361 e. The van der Waals surface area contributed by atoms with Crippen LogP contribution >= 0.6 is 0 Å². The Bertz CT molecular complexity index is 1470. The molecule has 3 fully saturated rings. The van der Waals surface area contributed by atoms with Crippen LogP contribution in [0, 0.1) is 11.8 Å². The van der Waals surface area contributed by atoms with Gasteiger partial charge in [0.05, 0.1) is 5.92 Å². The van der Waals surface area contributed by atoms with Gasteiger partial charge >= 0.3 is 0 Å². The Morgan fingerprint density at radius 3 is 2.85 bits per heavy atom. The van der Waals surface area contributed by atoms with Gasteiger partial charge < -0.3 is 20.3 Å². The van der Waals surface area contributed by atoms with Crippen LogP contribution in [0.1, 0.15) is 51.2 Å². The van der Waals surface area contributed by atoms with Crippen molar-refractivity contribution in [3.05, 3.63) is 41.6 Å². The monoisotopic (exact) mass is 547 g/mol. The summed E-state index contributed by atoms with van der Waals surface area (Å²) in [6.45, 7) is 6.42. The van der Waals surface area contributed by atoms with Crippen LogP contribution in [0.3, 0.4) is 0 Å². The molecule has 10 heteroatoms. The molecule has 1 aliphatic carbocycles. The van der Waals surface area contributed by atoms with Gasteiger partial charge in [-0.3, -0.25) is 28.9 Å². The molecule has 2 aromatic rings. The number of aromatic nitrogens is 1. The Balaban J connectivity index is 1.24. The molecule has 5 aliphatic rings. The molecule has 4 aliphatic heterocycles. The van der Waals surface area contributed by atoms with E-state index in [-0.39, 0.29) is 17.9 Å². The minimum absolute atomic E-state index is 0.153. The first-order valence-electron chi connectivity index (χ1n) is 14.5. The summed E-state index contributed by atoms with van der Waals surface area (Å²) >= 11 is 0. The van der Waals surface area contributed by atoms with Crippen molar-refractivity contribution in [3.8, 4) is 0 Å². The zero-order valence-electron chi connectivity index (χ0n) is 23.4. The number of fused-ring (bicyclic) bond motifs is 5. The van der Waals surface area contributed by atoms with Gasteiger partial charge in [-0.25, -0.2) is 0 Å². The van der Waals surface area contributed by atoms with Crippen LogP contribution in [0.2, 0.25) is 0 Å². The molecule has 3 saturated heterocycles. The molecule has 0 spiro atoms. The fraction of sp³-hybridized carbons (Fsp3) is 0.567. The van der Waals surface area contributed by atoms with Crippen LogP contribution < -0.4 is 5.32 Å². The van der Waals surface area contributed by atoms with Crippen LogP contribution in [0.25, 0.3) is 16.5 Å². The average molecular weight is 548 g/mol. The summed E-state index contributed by atoms with van der Waals surface area (Å²) in [5.41, 5.74) is 2.80. The fourth-order valence-electron chi connectivity index (χ4n) is 7.81. The highest BCUT2D eigenvalue weighted by atomic mass is 16.7. The molecule has 0 unspecified atom stereocenters. The third-order valence-corrected chi connectivity index (χ3v) is 9.87. The summed E-state index contributed by atoms with van der Waals surface area (Å²) in [5.74, 6) is -4.07. The quantitative estimate of drug-likeness (QED) is 0.537. The summed E-state index contributed by atoms with van der Waals surface area (Å²) in [6, 6.07) is 4.85. The van der Waals surface area contributed by atoms with Gasteiger partial charge in [0.15, 0.2) is 0 Å². The number of rotatable bonds is 4. The van der Waals surface area contributed by atoms with Gasteiger partial charge in [0, 0.05) is 42.1 Å². The summed E-state index contributed by atoms with van der Waals surface area (Å²) in [6.07, 6.45) is 6.56. The number of nitrogens with one attached hydrogen (secondary N) is 2. The lowest BCUT2D eigenvalue weighted by molar-refractivity contribution is -0.321. The molecule has 212 valence electrons. The van der Waals surface area contributed by atoms with Crippen molar-refractivity contribution in [1.82, 2.24) is 25.0 Å². The number of piperazine rings is 1. The number of benzene rings is 1. The van der Waals surface area contributed by atoms with Crippen molar-refractivity contribution in [3.63, 3.8) is 0 Å². The van der Waals surface area contributed by atoms with Gasteiger partial charge in [-0.05, 0) is 55.5 Å². The van der Waals surface area contributed by atoms with Crippen LogP contribution in [-0.2, 0) is 25.5 Å². The van der Waals surface area contributed by atoms with Crippen LogP contribution in [-0.4, -0.2) is 92.4 Å². The summed E-state index contributed by atoms with van der Waals surface area (Å²) in [7, 11) is 2.03. The number of H-pyrrole nitrogens is 1. The number of hydrogen-bond donors (Lipinski definition) is 3. The Kier molecular flexibility index (Phi) is 5.56. The molecule has 0 radical (unpaired) electrons. The number of carbonyl (C=O) groups is 3. The second-order valence-corrected chi connectivity index (χ2v) is 12.4. The lowest BCUT2D eigenvalue weighted by atomic mass is 9.79. The third-order valence-electron chi connectivity index (χ3n) is 9.87. The van der Waals surface area contributed by atoms with E-state index < -0.39 is 41.5 Å². The second kappa shape index (κ2) is 8.64. The number of ether oxygens (including phenoxy) is 1. The molecule has 1 aromatic carbocycles. The van der Waals surface area contributed by atoms with Gasteiger partial charge in [-0.2, -0.15) is 0 Å². The van der Waals surface area contributed by atoms with E-state index in [1.165, 1.54) is 15.8 Å². The molecule has 3 N–H and O–H groups in total. The highest BCUT2D eigenvalue weighted by molar-refractivity contribution is 6.01. The van der Waals surface area contributed by atoms with Gasteiger partial charge in [0.2, 0.25) is 17.5 Å². The van der Waals surface area contributed by atoms with E-state index in [2.05, 4.69) is 33.5 Å². The van der Waals surface area contributed by atoms with Gasteiger partial charge in [0.25, 0.3) is 11.8 Å². The van der Waals surface area contributed by atoms with Crippen LogP contribution in [0.5, 0.6) is 0 Å². The number of hydrogen-bond acceptors (Lipinski definition) is 6. The maximum absolute atomic E-state index is 14.2. The van der Waals surface area contributed by atoms with Crippen molar-refractivity contribution in [2.45, 2.75) is 76.2 Å². The van der Waals surface area contributed by atoms with Gasteiger partial charge in [0.1, 0.15) is 12.1 Å². The smallest absolute Gasteiger partial charge is 0.281 e. The predicted molar refractivity (Wildman–Crippen MR) is 147 cm³/mol. The molecule has 40 heavy (non-hydrogen) atoms. The largest absolute Gasteiger partial charge is 0.361 e. The first kappa shape index (κ1) is 25.7. The zero-order chi connectivity index (χ0) is 28.1. The number of amides is 3. The van der Waals surface area contributed by atoms with Crippen molar-refractivity contribution >= 4 is 34.2 Å². The number of aliphatic hydroxyl groups is 1. The number of nitrogens with zero attached hydrogens (tertiary/aromatic N) is 3. The Morgan fingerprint density at radius 2 is 2.10 bits per heavy atom. The van der Waals surface area contributed by atoms with Gasteiger partial charge in [-0.1, -0.05) is 39.0 Å². The van der Waals surface area contributed by atoms with Crippen LogP contribution in [0.15, 0.2) is 30.5 Å². The first-order chi connectivity index (χ1) is 19.1.